The Hall–Kier alpha value is -0.160. The van der Waals surface area contributed by atoms with Crippen LogP contribution in [0.1, 0.15) is 46.5 Å². The minimum absolute atomic E-state index is 0.196. The normalized spacial score (nSPS) is 26.4. The lowest BCUT2D eigenvalue weighted by atomic mass is 9.88. The molecule has 19 heavy (non-hydrogen) atoms. The molecule has 4 heteroatoms. The van der Waals surface area contributed by atoms with Crippen LogP contribution >= 0.6 is 0 Å². The first-order valence-corrected chi connectivity index (χ1v) is 7.50. The third-order valence-corrected chi connectivity index (χ3v) is 4.02. The second-order valence-electron chi connectivity index (χ2n) is 6.38. The number of rotatable bonds is 8. The van der Waals surface area contributed by atoms with E-state index in [4.69, 9.17) is 9.47 Å². The van der Waals surface area contributed by atoms with Crippen molar-refractivity contribution in [2.45, 2.75) is 64.3 Å². The smallest absolute Gasteiger partial charge is 0.0897 e. The summed E-state index contributed by atoms with van der Waals surface area (Å²) in [5.41, 5.74) is -0.196. The van der Waals surface area contributed by atoms with Gasteiger partial charge in [0.25, 0.3) is 0 Å². The van der Waals surface area contributed by atoms with E-state index in [2.05, 4.69) is 12.2 Å². The highest BCUT2D eigenvalue weighted by atomic mass is 16.5. The summed E-state index contributed by atoms with van der Waals surface area (Å²) in [6.45, 7) is 7.98. The summed E-state index contributed by atoms with van der Waals surface area (Å²) in [5, 5.41) is 13.1. The highest BCUT2D eigenvalue weighted by molar-refractivity contribution is 4.74. The Kier molecular flexibility index (Phi) is 7.29. The molecule has 0 aromatic heterocycles. The Morgan fingerprint density at radius 2 is 2.00 bits per heavy atom. The zero-order valence-corrected chi connectivity index (χ0v) is 12.9. The molecule has 0 saturated heterocycles. The Balaban J connectivity index is 2.12. The monoisotopic (exact) mass is 273 g/mol. The number of aliphatic hydroxyl groups is 1. The predicted molar refractivity (Wildman–Crippen MR) is 77.3 cm³/mol. The van der Waals surface area contributed by atoms with Crippen molar-refractivity contribution in [3.63, 3.8) is 0 Å². The highest BCUT2D eigenvalue weighted by Gasteiger charge is 2.23. The van der Waals surface area contributed by atoms with Crippen LogP contribution in [-0.4, -0.2) is 49.7 Å². The van der Waals surface area contributed by atoms with E-state index in [-0.39, 0.29) is 5.60 Å². The summed E-state index contributed by atoms with van der Waals surface area (Å²) in [6.07, 6.45) is 4.85. The molecule has 1 rings (SSSR count). The Morgan fingerprint density at radius 1 is 1.32 bits per heavy atom. The molecule has 0 bridgehead atoms. The van der Waals surface area contributed by atoms with Gasteiger partial charge in [0, 0.05) is 20.2 Å². The van der Waals surface area contributed by atoms with Crippen molar-refractivity contribution in [1.82, 2.24) is 5.32 Å². The third kappa shape index (κ3) is 6.70. The molecule has 0 aromatic rings. The molecule has 0 spiro atoms. The Bertz CT molecular complexity index is 246. The van der Waals surface area contributed by atoms with Gasteiger partial charge in [0.1, 0.15) is 0 Å². The van der Waals surface area contributed by atoms with Crippen molar-refractivity contribution in [3.05, 3.63) is 0 Å². The van der Waals surface area contributed by atoms with E-state index in [1.165, 1.54) is 19.3 Å². The minimum Gasteiger partial charge on any atom is -0.389 e. The van der Waals surface area contributed by atoms with Crippen molar-refractivity contribution in [2.24, 2.45) is 5.92 Å². The maximum absolute atomic E-state index is 9.91. The van der Waals surface area contributed by atoms with Crippen molar-refractivity contribution in [3.8, 4) is 0 Å². The minimum atomic E-state index is -0.443. The van der Waals surface area contributed by atoms with Gasteiger partial charge in [-0.3, -0.25) is 0 Å². The summed E-state index contributed by atoms with van der Waals surface area (Å²) >= 11 is 0. The number of methoxy groups -OCH3 is 1. The van der Waals surface area contributed by atoms with Gasteiger partial charge in [-0.25, -0.2) is 0 Å². The summed E-state index contributed by atoms with van der Waals surface area (Å²) in [5.74, 6) is 0.626. The standard InChI is InChI=1S/C15H31NO3/c1-12-7-5-6-8-14(12)19-10-13(17)9-16-11-15(2,3)18-4/h12-14,16-17H,5-11H2,1-4H3. The quantitative estimate of drug-likeness (QED) is 0.710. The number of ether oxygens (including phenoxy) is 2. The molecule has 1 saturated carbocycles. The lowest BCUT2D eigenvalue weighted by Crippen LogP contribution is -2.41. The van der Waals surface area contributed by atoms with Gasteiger partial charge < -0.3 is 19.9 Å². The van der Waals surface area contributed by atoms with E-state index in [0.717, 1.165) is 13.0 Å². The molecule has 0 aromatic carbocycles. The van der Waals surface area contributed by atoms with Crippen molar-refractivity contribution in [2.75, 3.05) is 26.8 Å². The van der Waals surface area contributed by atoms with Crippen LogP contribution in [0.15, 0.2) is 0 Å². The largest absolute Gasteiger partial charge is 0.389 e. The molecule has 3 atom stereocenters. The topological polar surface area (TPSA) is 50.7 Å². The lowest BCUT2D eigenvalue weighted by Gasteiger charge is -2.30. The number of nitrogens with one attached hydrogen (secondary N) is 1. The van der Waals surface area contributed by atoms with Gasteiger partial charge >= 0.3 is 0 Å². The number of hydrogen-bond acceptors (Lipinski definition) is 4. The van der Waals surface area contributed by atoms with Gasteiger partial charge in [0.05, 0.1) is 24.4 Å². The van der Waals surface area contributed by atoms with Gasteiger partial charge in [-0.15, -0.1) is 0 Å². The summed E-state index contributed by atoms with van der Waals surface area (Å²) in [6, 6.07) is 0. The first kappa shape index (κ1) is 16.9. The molecular formula is C15H31NO3. The SMILES string of the molecule is COC(C)(C)CNCC(O)COC1CCCCC1C. The summed E-state index contributed by atoms with van der Waals surface area (Å²) in [7, 11) is 1.70. The van der Waals surface area contributed by atoms with Crippen LogP contribution in [0.3, 0.4) is 0 Å². The van der Waals surface area contributed by atoms with E-state index >= 15 is 0 Å². The fraction of sp³-hybridized carbons (Fsp3) is 1.00. The second-order valence-corrected chi connectivity index (χ2v) is 6.38. The van der Waals surface area contributed by atoms with Gasteiger partial charge in [-0.1, -0.05) is 19.8 Å². The third-order valence-electron chi connectivity index (χ3n) is 4.02. The average molecular weight is 273 g/mol. The van der Waals surface area contributed by atoms with E-state index < -0.39 is 6.10 Å². The van der Waals surface area contributed by atoms with Crippen LogP contribution in [0.4, 0.5) is 0 Å². The molecule has 0 amide bonds. The molecule has 1 aliphatic carbocycles. The summed E-state index contributed by atoms with van der Waals surface area (Å²) in [4.78, 5) is 0. The first-order valence-electron chi connectivity index (χ1n) is 7.50. The zero-order valence-electron chi connectivity index (χ0n) is 12.9. The number of aliphatic hydroxyl groups excluding tert-OH is 1. The maximum Gasteiger partial charge on any atom is 0.0897 e. The summed E-state index contributed by atoms with van der Waals surface area (Å²) < 4.78 is 11.2. The highest BCUT2D eigenvalue weighted by Crippen LogP contribution is 2.26. The molecule has 2 N–H and O–H groups in total. The van der Waals surface area contributed by atoms with Crippen LogP contribution < -0.4 is 5.32 Å². The molecule has 114 valence electrons. The van der Waals surface area contributed by atoms with Gasteiger partial charge in [-0.2, -0.15) is 0 Å². The van der Waals surface area contributed by atoms with Crippen LogP contribution in [-0.2, 0) is 9.47 Å². The lowest BCUT2D eigenvalue weighted by molar-refractivity contribution is -0.0468. The van der Waals surface area contributed by atoms with E-state index in [9.17, 15) is 5.11 Å². The van der Waals surface area contributed by atoms with Crippen LogP contribution in [0, 0.1) is 5.92 Å². The average Bonchev–Trinajstić information content (AvgIpc) is 2.37. The van der Waals surface area contributed by atoms with E-state index in [0.29, 0.717) is 25.2 Å². The van der Waals surface area contributed by atoms with Crippen LogP contribution in [0.2, 0.25) is 0 Å². The fourth-order valence-electron chi connectivity index (χ4n) is 2.44. The van der Waals surface area contributed by atoms with E-state index in [1.807, 2.05) is 13.8 Å². The predicted octanol–water partition coefficient (Wildman–Crippen LogP) is 1.96. The van der Waals surface area contributed by atoms with Crippen LogP contribution in [0.25, 0.3) is 0 Å². The van der Waals surface area contributed by atoms with Crippen LogP contribution in [0.5, 0.6) is 0 Å². The molecule has 4 nitrogen and oxygen atoms in total. The molecule has 0 heterocycles. The molecular weight excluding hydrogens is 242 g/mol. The molecule has 0 radical (unpaired) electrons. The van der Waals surface area contributed by atoms with Gasteiger partial charge in [0.15, 0.2) is 0 Å². The fourth-order valence-corrected chi connectivity index (χ4v) is 2.44. The Morgan fingerprint density at radius 3 is 2.63 bits per heavy atom. The van der Waals surface area contributed by atoms with Gasteiger partial charge in [-0.05, 0) is 32.6 Å². The Labute approximate surface area is 117 Å². The van der Waals surface area contributed by atoms with E-state index in [1.54, 1.807) is 7.11 Å². The molecule has 3 unspecified atom stereocenters. The molecule has 1 aliphatic rings. The van der Waals surface area contributed by atoms with Crippen molar-refractivity contribution in [1.29, 1.82) is 0 Å². The first-order chi connectivity index (χ1) is 8.94. The molecule has 0 aliphatic heterocycles. The number of hydrogen-bond donors (Lipinski definition) is 2. The molecule has 1 fully saturated rings. The maximum atomic E-state index is 9.91. The second kappa shape index (κ2) is 8.20. The van der Waals surface area contributed by atoms with Crippen molar-refractivity contribution >= 4 is 0 Å². The van der Waals surface area contributed by atoms with Gasteiger partial charge in [0.2, 0.25) is 0 Å². The van der Waals surface area contributed by atoms with Crippen molar-refractivity contribution < 1.29 is 14.6 Å². The zero-order chi connectivity index (χ0) is 14.3.